The van der Waals surface area contributed by atoms with Crippen molar-refractivity contribution in [3.63, 3.8) is 0 Å². The predicted octanol–water partition coefficient (Wildman–Crippen LogP) is 1.74. The molecule has 2 heterocycles. The highest BCUT2D eigenvalue weighted by Gasteiger charge is 2.00. The second-order valence-corrected chi connectivity index (χ2v) is 3.73. The molecule has 2 rings (SSSR count). The van der Waals surface area contributed by atoms with Gasteiger partial charge in [-0.3, -0.25) is 4.98 Å². The van der Waals surface area contributed by atoms with Gasteiger partial charge < -0.3 is 0 Å². The number of rotatable bonds is 1. The fraction of sp³-hybridized carbons (Fsp3) is 0. The Balaban J connectivity index is 2.47. The first-order valence-corrected chi connectivity index (χ1v) is 4.94. The lowest BCUT2D eigenvalue weighted by Gasteiger charge is -1.99. The molecule has 0 aliphatic rings. The zero-order valence-corrected chi connectivity index (χ0v) is 9.21. The minimum Gasteiger partial charge on any atom is -0.261 e. The SMILES string of the molecule is N#Cc1cncc(-n2ccc(I)n2)c1. The maximum Gasteiger partial charge on any atom is 0.123 e. The smallest absolute Gasteiger partial charge is 0.123 e. The molecule has 0 fully saturated rings. The van der Waals surface area contributed by atoms with Crippen molar-refractivity contribution >= 4 is 22.6 Å². The summed E-state index contributed by atoms with van der Waals surface area (Å²) < 4.78 is 2.60. The maximum absolute atomic E-state index is 8.69. The lowest BCUT2D eigenvalue weighted by atomic mass is 10.3. The van der Waals surface area contributed by atoms with Crippen LogP contribution in [0.3, 0.4) is 0 Å². The monoisotopic (exact) mass is 296 g/mol. The zero-order valence-electron chi connectivity index (χ0n) is 7.05. The summed E-state index contributed by atoms with van der Waals surface area (Å²) in [5.41, 5.74) is 1.33. The van der Waals surface area contributed by atoms with Gasteiger partial charge in [0.15, 0.2) is 0 Å². The van der Waals surface area contributed by atoms with Crippen molar-refractivity contribution < 1.29 is 0 Å². The van der Waals surface area contributed by atoms with E-state index in [1.807, 2.05) is 18.3 Å². The first-order chi connectivity index (χ1) is 6.79. The molecule has 0 saturated carbocycles. The van der Waals surface area contributed by atoms with E-state index in [0.29, 0.717) is 5.56 Å². The van der Waals surface area contributed by atoms with Crippen LogP contribution in [0, 0.1) is 15.0 Å². The molecule has 0 N–H and O–H groups in total. The van der Waals surface area contributed by atoms with E-state index >= 15 is 0 Å². The number of nitriles is 1. The summed E-state index contributed by atoms with van der Waals surface area (Å²) >= 11 is 2.13. The van der Waals surface area contributed by atoms with Gasteiger partial charge in [-0.2, -0.15) is 10.4 Å². The quantitative estimate of drug-likeness (QED) is 0.753. The molecule has 0 saturated heterocycles. The topological polar surface area (TPSA) is 54.5 Å². The Bertz CT molecular complexity index is 498. The van der Waals surface area contributed by atoms with Gasteiger partial charge in [-0.1, -0.05) is 0 Å². The predicted molar refractivity (Wildman–Crippen MR) is 58.8 cm³/mol. The fourth-order valence-electron chi connectivity index (χ4n) is 1.06. The minimum absolute atomic E-state index is 0.535. The molecule has 2 aromatic heterocycles. The molecule has 0 amide bonds. The van der Waals surface area contributed by atoms with Gasteiger partial charge in [0.2, 0.25) is 0 Å². The second-order valence-electron chi connectivity index (χ2n) is 2.63. The van der Waals surface area contributed by atoms with Crippen molar-refractivity contribution in [2.45, 2.75) is 0 Å². The third-order valence-electron chi connectivity index (χ3n) is 1.67. The third-order valence-corrected chi connectivity index (χ3v) is 2.25. The zero-order chi connectivity index (χ0) is 9.97. The van der Waals surface area contributed by atoms with Gasteiger partial charge >= 0.3 is 0 Å². The van der Waals surface area contributed by atoms with Crippen molar-refractivity contribution in [1.29, 1.82) is 5.26 Å². The maximum atomic E-state index is 8.69. The average molecular weight is 296 g/mol. The lowest BCUT2D eigenvalue weighted by Crippen LogP contribution is -1.96. The van der Waals surface area contributed by atoms with Crippen molar-refractivity contribution in [2.24, 2.45) is 0 Å². The summed E-state index contributed by atoms with van der Waals surface area (Å²) in [6, 6.07) is 5.67. The van der Waals surface area contributed by atoms with Gasteiger partial charge in [-0.15, -0.1) is 0 Å². The number of pyridine rings is 1. The molecular formula is C9H5IN4. The lowest BCUT2D eigenvalue weighted by molar-refractivity contribution is 0.862. The van der Waals surface area contributed by atoms with Gasteiger partial charge in [-0.25, -0.2) is 4.68 Å². The van der Waals surface area contributed by atoms with E-state index in [9.17, 15) is 0 Å². The summed E-state index contributed by atoms with van der Waals surface area (Å²) in [5.74, 6) is 0. The molecule has 0 atom stereocenters. The molecular weight excluding hydrogens is 291 g/mol. The van der Waals surface area contributed by atoms with Crippen LogP contribution in [0.15, 0.2) is 30.7 Å². The molecule has 68 valence electrons. The summed E-state index contributed by atoms with van der Waals surface area (Å²) in [6.45, 7) is 0. The Morgan fingerprint density at radius 1 is 1.43 bits per heavy atom. The molecule has 2 aromatic rings. The van der Waals surface area contributed by atoms with Crippen LogP contribution in [-0.2, 0) is 0 Å². The molecule has 0 radical (unpaired) electrons. The summed E-state index contributed by atoms with van der Waals surface area (Å²) in [6.07, 6.45) is 5.03. The number of hydrogen-bond donors (Lipinski definition) is 0. The van der Waals surface area contributed by atoms with Crippen LogP contribution in [0.5, 0.6) is 0 Å². The first kappa shape index (κ1) is 9.15. The van der Waals surface area contributed by atoms with Crippen molar-refractivity contribution in [3.05, 3.63) is 40.0 Å². The Morgan fingerprint density at radius 3 is 2.93 bits per heavy atom. The molecule has 14 heavy (non-hydrogen) atoms. The summed E-state index contributed by atoms with van der Waals surface area (Å²) in [5, 5.41) is 12.9. The minimum atomic E-state index is 0.535. The van der Waals surface area contributed by atoms with Crippen molar-refractivity contribution in [3.8, 4) is 11.8 Å². The number of nitrogens with zero attached hydrogens (tertiary/aromatic N) is 4. The van der Waals surface area contributed by atoms with Gasteiger partial charge in [0.25, 0.3) is 0 Å². The Labute approximate surface area is 94.3 Å². The van der Waals surface area contributed by atoms with Gasteiger partial charge in [0.05, 0.1) is 17.4 Å². The Morgan fingerprint density at radius 2 is 2.29 bits per heavy atom. The second kappa shape index (κ2) is 3.75. The molecule has 0 bridgehead atoms. The fourth-order valence-corrected chi connectivity index (χ4v) is 1.45. The molecule has 0 aliphatic carbocycles. The highest BCUT2D eigenvalue weighted by molar-refractivity contribution is 14.1. The molecule has 5 heteroatoms. The third kappa shape index (κ3) is 1.75. The van der Waals surface area contributed by atoms with E-state index < -0.39 is 0 Å². The van der Waals surface area contributed by atoms with Crippen LogP contribution in [0.2, 0.25) is 0 Å². The molecule has 0 unspecified atom stereocenters. The van der Waals surface area contributed by atoms with Crippen molar-refractivity contribution in [1.82, 2.24) is 14.8 Å². The largest absolute Gasteiger partial charge is 0.261 e. The normalized spacial score (nSPS) is 9.71. The van der Waals surface area contributed by atoms with E-state index in [4.69, 9.17) is 5.26 Å². The molecule has 0 aliphatic heterocycles. The van der Waals surface area contributed by atoms with E-state index in [1.165, 1.54) is 6.20 Å². The van der Waals surface area contributed by atoms with Crippen molar-refractivity contribution in [2.75, 3.05) is 0 Å². The summed E-state index contributed by atoms with van der Waals surface area (Å²) in [4.78, 5) is 3.96. The highest BCUT2D eigenvalue weighted by Crippen LogP contribution is 2.08. The van der Waals surface area contributed by atoms with Crippen LogP contribution in [0.4, 0.5) is 0 Å². The van der Waals surface area contributed by atoms with E-state index in [2.05, 4.69) is 32.7 Å². The Kier molecular flexibility index (Phi) is 2.45. The van der Waals surface area contributed by atoms with Crippen LogP contribution in [0.25, 0.3) is 5.69 Å². The average Bonchev–Trinajstić information content (AvgIpc) is 2.65. The molecule has 0 aromatic carbocycles. The standard InChI is InChI=1S/C9H5IN4/c10-9-1-2-14(13-9)8-3-7(4-11)5-12-6-8/h1-3,5-6H. The van der Waals surface area contributed by atoms with Gasteiger partial charge in [-0.05, 0) is 34.7 Å². The van der Waals surface area contributed by atoms with Gasteiger partial charge in [0, 0.05) is 12.4 Å². The first-order valence-electron chi connectivity index (χ1n) is 3.86. The number of halogens is 1. The van der Waals surface area contributed by atoms with Crippen LogP contribution < -0.4 is 0 Å². The molecule has 0 spiro atoms. The Hall–Kier alpha value is -1.42. The van der Waals surface area contributed by atoms with E-state index in [1.54, 1.807) is 16.9 Å². The molecule has 4 nitrogen and oxygen atoms in total. The van der Waals surface area contributed by atoms with Gasteiger partial charge in [0.1, 0.15) is 9.77 Å². The summed E-state index contributed by atoms with van der Waals surface area (Å²) in [7, 11) is 0. The number of hydrogen-bond acceptors (Lipinski definition) is 3. The van der Waals surface area contributed by atoms with Crippen LogP contribution >= 0.6 is 22.6 Å². The number of aromatic nitrogens is 3. The van der Waals surface area contributed by atoms with E-state index in [-0.39, 0.29) is 0 Å². The van der Waals surface area contributed by atoms with Crippen LogP contribution in [0.1, 0.15) is 5.56 Å². The highest BCUT2D eigenvalue weighted by atomic mass is 127. The van der Waals surface area contributed by atoms with Crippen LogP contribution in [-0.4, -0.2) is 14.8 Å². The van der Waals surface area contributed by atoms with E-state index in [0.717, 1.165) is 9.39 Å².